The molecule has 1 aromatic heterocycles. The number of ether oxygens (including phenoxy) is 3. The third-order valence-electron chi connectivity index (χ3n) is 6.03. The van der Waals surface area contributed by atoms with Gasteiger partial charge in [0.2, 0.25) is 0 Å². The lowest BCUT2D eigenvalue weighted by molar-refractivity contribution is 0.0723. The Morgan fingerprint density at radius 1 is 1.09 bits per heavy atom. The van der Waals surface area contributed by atoms with Crippen molar-refractivity contribution in [2.24, 2.45) is 0 Å². The van der Waals surface area contributed by atoms with E-state index < -0.39 is 6.04 Å². The molecular weight excluding hydrogens is 422 g/mol. The number of benzene rings is 2. The Morgan fingerprint density at radius 3 is 2.52 bits per heavy atom. The minimum Gasteiger partial charge on any atom is -0.507 e. The zero-order chi connectivity index (χ0) is 23.7. The van der Waals surface area contributed by atoms with Crippen LogP contribution >= 0.6 is 0 Å². The maximum atomic E-state index is 13.4. The third-order valence-corrected chi connectivity index (χ3v) is 6.03. The lowest BCUT2D eigenvalue weighted by Gasteiger charge is -2.27. The number of aromatic amines is 1. The van der Waals surface area contributed by atoms with Gasteiger partial charge in [0.1, 0.15) is 17.1 Å². The number of H-pyrrole nitrogens is 1. The molecule has 0 saturated heterocycles. The number of phenolic OH excluding ortho intramolecular Hbond substituents is 1. The highest BCUT2D eigenvalue weighted by Crippen LogP contribution is 2.46. The van der Waals surface area contributed by atoms with E-state index in [1.807, 2.05) is 43.0 Å². The first-order valence-electron chi connectivity index (χ1n) is 10.8. The number of fused-ring (bicyclic) bond motifs is 1. The van der Waals surface area contributed by atoms with E-state index in [0.29, 0.717) is 48.0 Å². The van der Waals surface area contributed by atoms with Crippen LogP contribution in [0.2, 0.25) is 0 Å². The molecule has 1 aliphatic heterocycles. The molecule has 2 aromatic carbocycles. The second-order valence-electron chi connectivity index (χ2n) is 8.20. The van der Waals surface area contributed by atoms with Crippen molar-refractivity contribution in [3.05, 3.63) is 58.3 Å². The smallest absolute Gasteiger partial charge is 0.273 e. The van der Waals surface area contributed by atoms with Crippen molar-refractivity contribution in [1.29, 1.82) is 0 Å². The number of hydrogen-bond donors (Lipinski definition) is 2. The van der Waals surface area contributed by atoms with Crippen LogP contribution in [0.1, 0.15) is 45.2 Å². The maximum Gasteiger partial charge on any atom is 0.273 e. The third kappa shape index (κ3) is 3.91. The lowest BCUT2D eigenvalue weighted by atomic mass is 9.93. The van der Waals surface area contributed by atoms with Crippen LogP contribution in [0.3, 0.4) is 0 Å². The number of carbonyl (C=O) groups is 1. The molecule has 33 heavy (non-hydrogen) atoms. The van der Waals surface area contributed by atoms with E-state index in [4.69, 9.17) is 14.2 Å². The van der Waals surface area contributed by atoms with Crippen LogP contribution in [-0.4, -0.2) is 60.6 Å². The SMILES string of the molecule is COCCCN1C(=O)c2[nH]nc(-c3c(C)cc(C)cc3O)c2C1c1ccc(OC)c(OC)c1. The van der Waals surface area contributed by atoms with Crippen LogP contribution in [0.25, 0.3) is 11.3 Å². The number of aryl methyl sites for hydroxylation is 2. The van der Waals surface area contributed by atoms with E-state index in [2.05, 4.69) is 10.2 Å². The van der Waals surface area contributed by atoms with Crippen molar-refractivity contribution in [1.82, 2.24) is 15.1 Å². The van der Waals surface area contributed by atoms with E-state index >= 15 is 0 Å². The molecule has 8 nitrogen and oxygen atoms in total. The summed E-state index contributed by atoms with van der Waals surface area (Å²) in [5.74, 6) is 1.19. The normalized spacial score (nSPS) is 15.1. The van der Waals surface area contributed by atoms with Crippen LogP contribution in [0.15, 0.2) is 30.3 Å². The lowest BCUT2D eigenvalue weighted by Crippen LogP contribution is -2.31. The summed E-state index contributed by atoms with van der Waals surface area (Å²) in [6, 6.07) is 8.94. The summed E-state index contributed by atoms with van der Waals surface area (Å²) in [6.07, 6.45) is 0.688. The maximum absolute atomic E-state index is 13.4. The fraction of sp³-hybridized carbons (Fsp3) is 0.360. The molecule has 174 valence electrons. The standard InChI is InChI=1S/C25H29N3O5/c1-14-11-15(2)20(17(29)12-14)22-21-23(27-26-22)25(30)28(9-6-10-31-3)24(21)16-7-8-18(32-4)19(13-16)33-5/h7-8,11-13,24,29H,6,9-10H2,1-5H3,(H,26,27). The number of hydrogen-bond acceptors (Lipinski definition) is 6. The summed E-state index contributed by atoms with van der Waals surface area (Å²) in [4.78, 5) is 15.2. The summed E-state index contributed by atoms with van der Waals surface area (Å²) < 4.78 is 16.1. The molecule has 0 spiro atoms. The minimum absolute atomic E-state index is 0.135. The average Bonchev–Trinajstić information content (AvgIpc) is 3.32. The topological polar surface area (TPSA) is 96.9 Å². The Labute approximate surface area is 193 Å². The highest BCUT2D eigenvalue weighted by atomic mass is 16.5. The van der Waals surface area contributed by atoms with Crippen LogP contribution in [0.4, 0.5) is 0 Å². The van der Waals surface area contributed by atoms with E-state index in [1.165, 1.54) is 0 Å². The number of nitrogens with zero attached hydrogens (tertiary/aromatic N) is 2. The molecule has 0 bridgehead atoms. The summed E-state index contributed by atoms with van der Waals surface area (Å²) in [5, 5.41) is 18.2. The quantitative estimate of drug-likeness (QED) is 0.503. The van der Waals surface area contributed by atoms with Gasteiger partial charge in [-0.3, -0.25) is 9.89 Å². The number of aromatic hydroxyl groups is 1. The molecule has 2 heterocycles. The van der Waals surface area contributed by atoms with Crippen molar-refractivity contribution < 1.29 is 24.1 Å². The molecule has 0 saturated carbocycles. The Bertz CT molecular complexity index is 1160. The largest absolute Gasteiger partial charge is 0.507 e. The predicted molar refractivity (Wildman–Crippen MR) is 124 cm³/mol. The van der Waals surface area contributed by atoms with Gasteiger partial charge in [-0.1, -0.05) is 12.1 Å². The Hall–Kier alpha value is -3.52. The first kappa shape index (κ1) is 22.7. The van der Waals surface area contributed by atoms with Crippen LogP contribution < -0.4 is 9.47 Å². The van der Waals surface area contributed by atoms with Gasteiger partial charge in [0, 0.05) is 31.4 Å². The zero-order valence-electron chi connectivity index (χ0n) is 19.6. The summed E-state index contributed by atoms with van der Waals surface area (Å²) in [5.41, 5.74) is 5.07. The van der Waals surface area contributed by atoms with Crippen molar-refractivity contribution in [2.45, 2.75) is 26.3 Å². The molecule has 1 amide bonds. The van der Waals surface area contributed by atoms with E-state index in [9.17, 15) is 9.90 Å². The van der Waals surface area contributed by atoms with Gasteiger partial charge in [-0.2, -0.15) is 5.10 Å². The molecule has 1 aliphatic rings. The fourth-order valence-corrected chi connectivity index (χ4v) is 4.62. The number of methoxy groups -OCH3 is 3. The molecule has 0 aliphatic carbocycles. The van der Waals surface area contributed by atoms with Crippen LogP contribution in [-0.2, 0) is 4.74 Å². The molecule has 1 unspecified atom stereocenters. The number of carbonyl (C=O) groups excluding carboxylic acids is 1. The van der Waals surface area contributed by atoms with Gasteiger partial charge in [0.25, 0.3) is 5.91 Å². The van der Waals surface area contributed by atoms with Gasteiger partial charge in [0.15, 0.2) is 11.5 Å². The Morgan fingerprint density at radius 2 is 1.85 bits per heavy atom. The van der Waals surface area contributed by atoms with E-state index in [1.54, 1.807) is 27.4 Å². The number of nitrogens with one attached hydrogen (secondary N) is 1. The molecule has 3 aromatic rings. The Kier molecular flexibility index (Phi) is 6.29. The van der Waals surface area contributed by atoms with Crippen molar-refractivity contribution in [2.75, 3.05) is 34.5 Å². The first-order valence-corrected chi connectivity index (χ1v) is 10.8. The molecule has 1 atom stereocenters. The fourth-order valence-electron chi connectivity index (χ4n) is 4.62. The second-order valence-corrected chi connectivity index (χ2v) is 8.20. The van der Waals surface area contributed by atoms with Crippen molar-refractivity contribution >= 4 is 5.91 Å². The van der Waals surface area contributed by atoms with E-state index in [-0.39, 0.29) is 11.7 Å². The summed E-state index contributed by atoms with van der Waals surface area (Å²) in [6.45, 7) is 4.91. The molecule has 0 fully saturated rings. The monoisotopic (exact) mass is 451 g/mol. The van der Waals surface area contributed by atoms with Gasteiger partial charge < -0.3 is 24.2 Å². The highest BCUT2D eigenvalue weighted by Gasteiger charge is 2.42. The van der Waals surface area contributed by atoms with Gasteiger partial charge >= 0.3 is 0 Å². The number of amides is 1. The Balaban J connectivity index is 1.89. The van der Waals surface area contributed by atoms with Gasteiger partial charge in [-0.25, -0.2) is 0 Å². The van der Waals surface area contributed by atoms with Crippen LogP contribution in [0, 0.1) is 13.8 Å². The summed E-state index contributed by atoms with van der Waals surface area (Å²) in [7, 11) is 4.81. The molecule has 8 heteroatoms. The molecular formula is C25H29N3O5. The first-order chi connectivity index (χ1) is 15.9. The predicted octanol–water partition coefficient (Wildman–Crippen LogP) is 4.00. The van der Waals surface area contributed by atoms with E-state index in [0.717, 1.165) is 22.3 Å². The van der Waals surface area contributed by atoms with Crippen molar-refractivity contribution in [3.63, 3.8) is 0 Å². The number of rotatable bonds is 8. The highest BCUT2D eigenvalue weighted by molar-refractivity contribution is 6.00. The van der Waals surface area contributed by atoms with Gasteiger partial charge in [0.05, 0.1) is 20.3 Å². The van der Waals surface area contributed by atoms with Gasteiger partial charge in [-0.05, 0) is 55.2 Å². The van der Waals surface area contributed by atoms with Crippen LogP contribution in [0.5, 0.6) is 17.2 Å². The molecule has 2 N–H and O–H groups in total. The molecule has 4 rings (SSSR count). The second kappa shape index (κ2) is 9.15. The zero-order valence-corrected chi connectivity index (χ0v) is 19.6. The summed E-state index contributed by atoms with van der Waals surface area (Å²) >= 11 is 0. The van der Waals surface area contributed by atoms with Crippen molar-refractivity contribution in [3.8, 4) is 28.5 Å². The molecule has 0 radical (unpaired) electrons. The number of phenols is 1. The average molecular weight is 452 g/mol. The van der Waals surface area contributed by atoms with Gasteiger partial charge in [-0.15, -0.1) is 0 Å². The minimum atomic E-state index is -0.405. The number of aromatic nitrogens is 2.